The van der Waals surface area contributed by atoms with Crippen LogP contribution in [0.4, 0.5) is 0 Å². The number of hydrogen-bond acceptors (Lipinski definition) is 3. The molecule has 1 unspecified atom stereocenters. The van der Waals surface area contributed by atoms with E-state index in [1.807, 2.05) is 12.1 Å². The SMILES string of the molecule is O=C1C=C(C2Cc3cccc4cccc2c34)C(=O)C=C1c1ccc(O)cc1. The second-order valence-electron chi connectivity index (χ2n) is 7.05. The fourth-order valence-corrected chi connectivity index (χ4v) is 4.23. The van der Waals surface area contributed by atoms with Gasteiger partial charge in [0.25, 0.3) is 0 Å². The molecule has 0 aliphatic heterocycles. The van der Waals surface area contributed by atoms with Gasteiger partial charge in [0.15, 0.2) is 11.6 Å². The second kappa shape index (κ2) is 5.78. The van der Waals surface area contributed by atoms with Crippen molar-refractivity contribution in [3.05, 3.63) is 95.1 Å². The zero-order valence-corrected chi connectivity index (χ0v) is 14.5. The minimum absolute atomic E-state index is 0.0832. The summed E-state index contributed by atoms with van der Waals surface area (Å²) in [6.45, 7) is 0. The van der Waals surface area contributed by atoms with Crippen molar-refractivity contribution in [2.24, 2.45) is 0 Å². The van der Waals surface area contributed by atoms with Crippen molar-refractivity contribution in [2.75, 3.05) is 0 Å². The van der Waals surface area contributed by atoms with E-state index in [2.05, 4.69) is 24.3 Å². The van der Waals surface area contributed by atoms with E-state index in [0.29, 0.717) is 16.7 Å². The molecule has 1 N–H and O–H groups in total. The highest BCUT2D eigenvalue weighted by molar-refractivity contribution is 6.35. The maximum Gasteiger partial charge on any atom is 0.187 e. The van der Waals surface area contributed by atoms with Gasteiger partial charge in [0.05, 0.1) is 0 Å². The number of phenols is 1. The molecule has 0 amide bonds. The Morgan fingerprint density at radius 1 is 0.815 bits per heavy atom. The molecule has 2 aliphatic carbocycles. The van der Waals surface area contributed by atoms with E-state index in [9.17, 15) is 14.7 Å². The van der Waals surface area contributed by atoms with Gasteiger partial charge in [-0.2, -0.15) is 0 Å². The van der Waals surface area contributed by atoms with Crippen LogP contribution in [0.3, 0.4) is 0 Å². The third-order valence-corrected chi connectivity index (χ3v) is 5.49. The van der Waals surface area contributed by atoms with Crippen LogP contribution in [0.25, 0.3) is 16.3 Å². The molecule has 0 spiro atoms. The van der Waals surface area contributed by atoms with E-state index < -0.39 is 0 Å². The Morgan fingerprint density at radius 3 is 2.33 bits per heavy atom. The van der Waals surface area contributed by atoms with Gasteiger partial charge in [-0.25, -0.2) is 0 Å². The van der Waals surface area contributed by atoms with Crippen LogP contribution in [0.1, 0.15) is 22.6 Å². The summed E-state index contributed by atoms with van der Waals surface area (Å²) in [5.41, 5.74) is 3.92. The Kier molecular flexibility index (Phi) is 3.37. The lowest BCUT2D eigenvalue weighted by molar-refractivity contribution is -0.114. The number of rotatable bonds is 2. The third-order valence-electron chi connectivity index (χ3n) is 5.49. The van der Waals surface area contributed by atoms with E-state index in [0.717, 1.165) is 12.0 Å². The highest BCUT2D eigenvalue weighted by Crippen LogP contribution is 2.43. The molecule has 0 saturated carbocycles. The molecule has 1 atom stereocenters. The van der Waals surface area contributed by atoms with Crippen molar-refractivity contribution >= 4 is 27.9 Å². The van der Waals surface area contributed by atoms with Gasteiger partial charge < -0.3 is 5.11 Å². The quantitative estimate of drug-likeness (QED) is 0.698. The number of hydrogen-bond donors (Lipinski definition) is 1. The Morgan fingerprint density at radius 2 is 1.56 bits per heavy atom. The number of benzene rings is 3. The van der Waals surface area contributed by atoms with E-state index >= 15 is 0 Å². The normalized spacial score (nSPS) is 18.6. The maximum atomic E-state index is 12.9. The number of ketones is 2. The van der Waals surface area contributed by atoms with Crippen LogP contribution in [0, 0.1) is 0 Å². The fourth-order valence-electron chi connectivity index (χ4n) is 4.23. The van der Waals surface area contributed by atoms with Crippen molar-refractivity contribution < 1.29 is 14.7 Å². The number of carbonyl (C=O) groups is 2. The summed E-state index contributed by atoms with van der Waals surface area (Å²) in [6, 6.07) is 18.7. The van der Waals surface area contributed by atoms with Crippen molar-refractivity contribution in [1.82, 2.24) is 0 Å². The van der Waals surface area contributed by atoms with Crippen LogP contribution in [-0.4, -0.2) is 16.7 Å². The highest BCUT2D eigenvalue weighted by Gasteiger charge is 2.32. The molecule has 3 heteroatoms. The molecule has 0 saturated heterocycles. The minimum atomic E-state index is -0.168. The average molecular weight is 352 g/mol. The van der Waals surface area contributed by atoms with Crippen molar-refractivity contribution in [3.63, 3.8) is 0 Å². The first kappa shape index (κ1) is 15.8. The van der Waals surface area contributed by atoms with Gasteiger partial charge in [-0.1, -0.05) is 48.5 Å². The standard InChI is InChI=1S/C24H16O3/c25-17-9-7-14(8-10-17)19-12-23(27)21(13-22(19)26)20-11-16-5-1-3-15-4-2-6-18(20)24(15)16/h1-10,12-13,20,25H,11H2. The summed E-state index contributed by atoms with van der Waals surface area (Å²) in [7, 11) is 0. The van der Waals surface area contributed by atoms with Crippen molar-refractivity contribution in [3.8, 4) is 5.75 Å². The molecule has 130 valence electrons. The summed E-state index contributed by atoms with van der Waals surface area (Å²) < 4.78 is 0. The molecule has 3 nitrogen and oxygen atoms in total. The lowest BCUT2D eigenvalue weighted by Gasteiger charge is -2.18. The molecule has 0 aromatic heterocycles. The van der Waals surface area contributed by atoms with Crippen LogP contribution in [0.5, 0.6) is 5.75 Å². The zero-order valence-electron chi connectivity index (χ0n) is 14.5. The molecule has 0 bridgehead atoms. The number of aromatic hydroxyl groups is 1. The van der Waals surface area contributed by atoms with Crippen LogP contribution in [0.15, 0.2) is 78.4 Å². The first-order valence-corrected chi connectivity index (χ1v) is 8.94. The molecular weight excluding hydrogens is 336 g/mol. The summed E-state index contributed by atoms with van der Waals surface area (Å²) in [4.78, 5) is 25.6. The highest BCUT2D eigenvalue weighted by atomic mass is 16.3. The van der Waals surface area contributed by atoms with Gasteiger partial charge >= 0.3 is 0 Å². The molecular formula is C24H16O3. The van der Waals surface area contributed by atoms with E-state index in [4.69, 9.17) is 0 Å². The van der Waals surface area contributed by atoms with Crippen molar-refractivity contribution in [1.29, 1.82) is 0 Å². The van der Waals surface area contributed by atoms with E-state index in [1.165, 1.54) is 40.6 Å². The average Bonchev–Trinajstić information content (AvgIpc) is 3.05. The van der Waals surface area contributed by atoms with Crippen LogP contribution in [-0.2, 0) is 16.0 Å². The van der Waals surface area contributed by atoms with Gasteiger partial charge in [0.2, 0.25) is 0 Å². The number of allylic oxidation sites excluding steroid dienone is 4. The predicted octanol–water partition coefficient (Wildman–Crippen LogP) is 4.35. The third kappa shape index (κ3) is 2.43. The summed E-state index contributed by atoms with van der Waals surface area (Å²) in [5.74, 6) is -0.243. The Bertz CT molecular complexity index is 1170. The fraction of sp³-hybridized carbons (Fsp3) is 0.0833. The van der Waals surface area contributed by atoms with Crippen LogP contribution in [0.2, 0.25) is 0 Å². The Labute approximate surface area is 156 Å². The molecule has 5 rings (SSSR count). The smallest absolute Gasteiger partial charge is 0.187 e. The van der Waals surface area contributed by atoms with Gasteiger partial charge in [0.1, 0.15) is 5.75 Å². The zero-order chi connectivity index (χ0) is 18.5. The topological polar surface area (TPSA) is 54.4 Å². The predicted molar refractivity (Wildman–Crippen MR) is 105 cm³/mol. The lowest BCUT2D eigenvalue weighted by atomic mass is 9.83. The number of phenolic OH excluding ortho intramolecular Hbond substituents is 1. The molecule has 3 aromatic carbocycles. The van der Waals surface area contributed by atoms with Gasteiger partial charge in [-0.15, -0.1) is 0 Å². The molecule has 0 fully saturated rings. The first-order valence-electron chi connectivity index (χ1n) is 8.94. The van der Waals surface area contributed by atoms with Gasteiger partial charge in [0, 0.05) is 17.1 Å². The molecule has 0 radical (unpaired) electrons. The summed E-state index contributed by atoms with van der Waals surface area (Å²) in [6.07, 6.45) is 3.68. The summed E-state index contributed by atoms with van der Waals surface area (Å²) in [5, 5.41) is 11.8. The largest absolute Gasteiger partial charge is 0.508 e. The Hall–Kier alpha value is -3.46. The monoisotopic (exact) mass is 352 g/mol. The van der Waals surface area contributed by atoms with Gasteiger partial charge in [-0.3, -0.25) is 9.59 Å². The van der Waals surface area contributed by atoms with E-state index in [-0.39, 0.29) is 23.2 Å². The molecule has 2 aliphatic rings. The summed E-state index contributed by atoms with van der Waals surface area (Å²) >= 11 is 0. The second-order valence-corrected chi connectivity index (χ2v) is 7.05. The Balaban J connectivity index is 1.55. The van der Waals surface area contributed by atoms with Crippen molar-refractivity contribution in [2.45, 2.75) is 12.3 Å². The maximum absolute atomic E-state index is 12.9. The lowest BCUT2D eigenvalue weighted by Crippen LogP contribution is -2.17. The molecule has 0 heterocycles. The minimum Gasteiger partial charge on any atom is -0.508 e. The molecule has 27 heavy (non-hydrogen) atoms. The van der Waals surface area contributed by atoms with E-state index in [1.54, 1.807) is 12.1 Å². The van der Waals surface area contributed by atoms with Crippen LogP contribution >= 0.6 is 0 Å². The van der Waals surface area contributed by atoms with Gasteiger partial charge in [-0.05, 0) is 58.2 Å². The van der Waals surface area contributed by atoms with Crippen LogP contribution < -0.4 is 0 Å². The molecule has 3 aromatic rings. The first-order chi connectivity index (χ1) is 13.1. The number of carbonyl (C=O) groups excluding carboxylic acids is 2.